The molecule has 6 nitrogen and oxygen atoms in total. The number of carbonyl (C=O) groups is 1. The van der Waals surface area contributed by atoms with E-state index in [0.717, 1.165) is 9.28 Å². The van der Waals surface area contributed by atoms with Crippen molar-refractivity contribution >= 4 is 56.6 Å². The lowest BCUT2D eigenvalue weighted by Crippen LogP contribution is -2.32. The Balaban J connectivity index is 1.74. The van der Waals surface area contributed by atoms with Crippen molar-refractivity contribution in [2.24, 2.45) is 16.1 Å². The van der Waals surface area contributed by atoms with Gasteiger partial charge >= 0.3 is 5.97 Å². The van der Waals surface area contributed by atoms with Crippen molar-refractivity contribution in [3.63, 3.8) is 0 Å². The van der Waals surface area contributed by atoms with Gasteiger partial charge in [-0.1, -0.05) is 43.7 Å². The van der Waals surface area contributed by atoms with Crippen LogP contribution in [-0.4, -0.2) is 39.8 Å². The largest absolute Gasteiger partial charge is 0.490 e. The molecule has 0 aliphatic heterocycles. The van der Waals surface area contributed by atoms with Gasteiger partial charge in [-0.15, -0.1) is 18.2 Å². The molecule has 0 heterocycles. The number of thiocarbonyl (C=S) groups is 1. The standard InChI is InChI=1S/C26H30N2O4S3/c1-6-15-30-22-11-7-20(8-12-22)27-28-21-9-13-23(14-10-21)31-16-17-32-24(29)26(4,5)35-25(33)34-18-19(2)3/h1,7-14,19H,15-18H2,2-5H3. The normalized spacial score (nSPS) is 11.3. The number of hydrogen-bond donors (Lipinski definition) is 0. The van der Waals surface area contributed by atoms with Gasteiger partial charge in [0.05, 0.1) is 11.4 Å². The summed E-state index contributed by atoms with van der Waals surface area (Å²) in [5.74, 6) is 4.91. The van der Waals surface area contributed by atoms with E-state index in [1.807, 2.05) is 13.8 Å². The third kappa shape index (κ3) is 11.2. The predicted molar refractivity (Wildman–Crippen MR) is 149 cm³/mol. The van der Waals surface area contributed by atoms with Crippen molar-refractivity contribution in [2.75, 3.05) is 25.6 Å². The Morgan fingerprint density at radius 3 is 2.06 bits per heavy atom. The molecule has 2 aromatic carbocycles. The summed E-state index contributed by atoms with van der Waals surface area (Å²) in [6.45, 7) is 8.52. The van der Waals surface area contributed by atoms with Gasteiger partial charge in [-0.25, -0.2) is 0 Å². The van der Waals surface area contributed by atoms with Crippen LogP contribution in [0.25, 0.3) is 0 Å². The summed E-state index contributed by atoms with van der Waals surface area (Å²) in [6.07, 6.45) is 5.18. The quantitative estimate of drug-likeness (QED) is 0.0943. The van der Waals surface area contributed by atoms with E-state index in [2.05, 4.69) is 30.0 Å². The fourth-order valence-corrected chi connectivity index (χ4v) is 5.36. The van der Waals surface area contributed by atoms with Gasteiger partial charge in [0, 0.05) is 5.75 Å². The minimum atomic E-state index is -0.747. The van der Waals surface area contributed by atoms with Gasteiger partial charge in [-0.05, 0) is 68.3 Å². The second kappa shape index (κ2) is 14.8. The van der Waals surface area contributed by atoms with E-state index in [1.54, 1.807) is 60.3 Å². The Morgan fingerprint density at radius 1 is 1.00 bits per heavy atom. The second-order valence-corrected chi connectivity index (χ2v) is 12.1. The molecule has 0 saturated carbocycles. The average molecular weight is 531 g/mol. The smallest absolute Gasteiger partial charge is 0.322 e. The number of ether oxygens (including phenoxy) is 3. The van der Waals surface area contributed by atoms with Crippen molar-refractivity contribution in [1.29, 1.82) is 0 Å². The van der Waals surface area contributed by atoms with Crippen LogP contribution in [0.15, 0.2) is 58.8 Å². The van der Waals surface area contributed by atoms with E-state index in [9.17, 15) is 4.79 Å². The van der Waals surface area contributed by atoms with Gasteiger partial charge < -0.3 is 14.2 Å². The Kier molecular flexibility index (Phi) is 12.1. The number of hydrogen-bond acceptors (Lipinski definition) is 9. The first kappa shape index (κ1) is 28.7. The molecule has 2 aromatic rings. The molecule has 0 aromatic heterocycles. The highest BCUT2D eigenvalue weighted by Gasteiger charge is 2.32. The molecule has 0 bridgehead atoms. The van der Waals surface area contributed by atoms with E-state index >= 15 is 0 Å². The number of benzene rings is 2. The monoisotopic (exact) mass is 530 g/mol. The minimum Gasteiger partial charge on any atom is -0.490 e. The zero-order chi connectivity index (χ0) is 25.7. The molecule has 0 radical (unpaired) electrons. The van der Waals surface area contributed by atoms with Crippen LogP contribution < -0.4 is 9.47 Å². The highest BCUT2D eigenvalue weighted by atomic mass is 32.2. The van der Waals surface area contributed by atoms with Crippen molar-refractivity contribution in [3.8, 4) is 23.8 Å². The van der Waals surface area contributed by atoms with Crippen LogP contribution in [0, 0.1) is 18.3 Å². The van der Waals surface area contributed by atoms with Crippen LogP contribution in [0.5, 0.6) is 11.5 Å². The van der Waals surface area contributed by atoms with E-state index in [-0.39, 0.29) is 25.8 Å². The number of carbonyl (C=O) groups excluding carboxylic acids is 1. The van der Waals surface area contributed by atoms with Gasteiger partial charge in [0.15, 0.2) is 0 Å². The van der Waals surface area contributed by atoms with Gasteiger partial charge in [-0.3, -0.25) is 4.79 Å². The average Bonchev–Trinajstić information content (AvgIpc) is 2.83. The lowest BCUT2D eigenvalue weighted by molar-refractivity contribution is -0.146. The zero-order valence-electron chi connectivity index (χ0n) is 20.4. The first-order chi connectivity index (χ1) is 16.7. The molecular weight excluding hydrogens is 500 g/mol. The van der Waals surface area contributed by atoms with Crippen LogP contribution in [-0.2, 0) is 9.53 Å². The second-order valence-electron chi connectivity index (χ2n) is 8.23. The molecule has 0 N–H and O–H groups in total. The summed E-state index contributed by atoms with van der Waals surface area (Å²) >= 11 is 8.34. The van der Waals surface area contributed by atoms with Crippen molar-refractivity contribution < 1.29 is 19.0 Å². The number of nitrogens with zero attached hydrogens (tertiary/aromatic N) is 2. The molecule has 0 aliphatic rings. The van der Waals surface area contributed by atoms with Gasteiger partial charge in [0.1, 0.15) is 39.6 Å². The summed E-state index contributed by atoms with van der Waals surface area (Å²) in [5.41, 5.74) is 1.38. The molecule has 0 unspecified atom stereocenters. The van der Waals surface area contributed by atoms with Gasteiger partial charge in [-0.2, -0.15) is 10.2 Å². The molecule has 0 aliphatic carbocycles. The summed E-state index contributed by atoms with van der Waals surface area (Å²) in [6, 6.07) is 14.3. The van der Waals surface area contributed by atoms with E-state index in [4.69, 9.17) is 32.9 Å². The van der Waals surface area contributed by atoms with E-state index in [0.29, 0.717) is 28.8 Å². The SMILES string of the molecule is C#CCOc1ccc(N=Nc2ccc(OCCOC(=O)C(C)(C)SC(=S)SCC(C)C)cc2)cc1. The Morgan fingerprint density at radius 2 is 1.54 bits per heavy atom. The number of rotatable bonds is 12. The lowest BCUT2D eigenvalue weighted by atomic mass is 10.2. The van der Waals surface area contributed by atoms with Crippen molar-refractivity contribution in [2.45, 2.75) is 32.4 Å². The zero-order valence-corrected chi connectivity index (χ0v) is 22.8. The number of thioether (sulfide) groups is 2. The lowest BCUT2D eigenvalue weighted by Gasteiger charge is -2.22. The van der Waals surface area contributed by atoms with Gasteiger partial charge in [0.25, 0.3) is 0 Å². The molecule has 2 rings (SSSR count). The molecular formula is C26H30N2O4S3. The number of esters is 1. The molecule has 186 valence electrons. The number of terminal acetylenes is 1. The van der Waals surface area contributed by atoms with Gasteiger partial charge in [0.2, 0.25) is 0 Å². The Hall–Kier alpha value is -2.54. The molecule has 0 amide bonds. The van der Waals surface area contributed by atoms with Crippen LogP contribution in [0.4, 0.5) is 11.4 Å². The predicted octanol–water partition coefficient (Wildman–Crippen LogP) is 7.22. The van der Waals surface area contributed by atoms with E-state index < -0.39 is 4.75 Å². The first-order valence-corrected chi connectivity index (χ1v) is 13.2. The maximum atomic E-state index is 12.4. The highest BCUT2D eigenvalue weighted by Crippen LogP contribution is 2.32. The third-order valence-corrected chi connectivity index (χ3v) is 7.35. The summed E-state index contributed by atoms with van der Waals surface area (Å²) in [5, 5.41) is 8.42. The molecule has 0 spiro atoms. The fourth-order valence-electron chi connectivity index (χ4n) is 2.44. The topological polar surface area (TPSA) is 69.5 Å². The Bertz CT molecular complexity index is 1030. The highest BCUT2D eigenvalue weighted by molar-refractivity contribution is 8.47. The summed E-state index contributed by atoms with van der Waals surface area (Å²) in [7, 11) is 0. The summed E-state index contributed by atoms with van der Waals surface area (Å²) < 4.78 is 16.4. The number of azo groups is 1. The maximum absolute atomic E-state index is 12.4. The van der Waals surface area contributed by atoms with Crippen LogP contribution >= 0.6 is 35.7 Å². The van der Waals surface area contributed by atoms with Crippen LogP contribution in [0.2, 0.25) is 0 Å². The molecule has 0 atom stereocenters. The molecule has 0 fully saturated rings. The molecule has 9 heteroatoms. The van der Waals surface area contributed by atoms with E-state index in [1.165, 1.54) is 11.8 Å². The fraction of sp³-hybridized carbons (Fsp3) is 0.385. The van der Waals surface area contributed by atoms with Crippen molar-refractivity contribution in [1.82, 2.24) is 0 Å². The molecule has 0 saturated heterocycles. The maximum Gasteiger partial charge on any atom is 0.322 e. The van der Waals surface area contributed by atoms with Crippen molar-refractivity contribution in [3.05, 3.63) is 48.5 Å². The Labute approximate surface area is 221 Å². The van der Waals surface area contributed by atoms with Crippen LogP contribution in [0.1, 0.15) is 27.7 Å². The first-order valence-electron chi connectivity index (χ1n) is 11.0. The summed E-state index contributed by atoms with van der Waals surface area (Å²) in [4.78, 5) is 12.4. The third-order valence-electron chi connectivity index (χ3n) is 4.23. The van der Waals surface area contributed by atoms with Crippen LogP contribution in [0.3, 0.4) is 0 Å². The molecule has 35 heavy (non-hydrogen) atoms. The minimum absolute atomic E-state index is 0.150.